The van der Waals surface area contributed by atoms with Crippen LogP contribution in [0.5, 0.6) is 5.75 Å². The molecule has 2 amide bonds. The smallest absolute Gasteiger partial charge is 0.309 e. The summed E-state index contributed by atoms with van der Waals surface area (Å²) in [5, 5.41) is 15.9. The molecule has 0 saturated heterocycles. The maximum absolute atomic E-state index is 12.2. The predicted octanol–water partition coefficient (Wildman–Crippen LogP) is 3.00. The molecule has 1 atom stereocenters. The van der Waals surface area contributed by atoms with E-state index >= 15 is 0 Å². The van der Waals surface area contributed by atoms with Crippen LogP contribution >= 0.6 is 0 Å². The van der Waals surface area contributed by atoms with Crippen LogP contribution in [0.1, 0.15) is 18.1 Å². The molecule has 6 heteroatoms. The monoisotopic (exact) mass is 418 g/mol. The maximum atomic E-state index is 12.2. The normalized spacial score (nSPS) is 12.5. The first-order valence-electron chi connectivity index (χ1n) is 9.97. The Hall–Kier alpha value is -3.64. The quantitative estimate of drug-likeness (QED) is 0.515. The molecule has 0 heterocycles. The van der Waals surface area contributed by atoms with Crippen molar-refractivity contribution in [2.24, 2.45) is 0 Å². The van der Waals surface area contributed by atoms with Gasteiger partial charge < -0.3 is 20.5 Å². The second-order valence-electron chi connectivity index (χ2n) is 7.39. The lowest BCUT2D eigenvalue weighted by atomic mass is 9.93. The first-order valence-corrected chi connectivity index (χ1v) is 9.97. The largest absolute Gasteiger partial charge is 0.496 e. The standard InChI is InChI=1S/C25H26N2O4/c1-25(30,21-14-12-19(13-15-21)18-8-4-3-5-9-18)17-27-24(29)23(28)26-16-20-10-6-7-11-22(20)31-2/h3-15,30H,16-17H2,1-2H3,(H,26,28)(H,27,29)/t25-/m1/s1. The lowest BCUT2D eigenvalue weighted by Gasteiger charge is -2.24. The third-order valence-electron chi connectivity index (χ3n) is 5.05. The van der Waals surface area contributed by atoms with Crippen LogP contribution in [0.3, 0.4) is 0 Å². The Labute approximate surface area is 181 Å². The van der Waals surface area contributed by atoms with Crippen LogP contribution in [0.4, 0.5) is 0 Å². The van der Waals surface area contributed by atoms with Gasteiger partial charge in [-0.25, -0.2) is 0 Å². The molecular formula is C25H26N2O4. The molecule has 6 nitrogen and oxygen atoms in total. The van der Waals surface area contributed by atoms with Gasteiger partial charge in [0.25, 0.3) is 0 Å². The van der Waals surface area contributed by atoms with Crippen molar-refractivity contribution in [1.82, 2.24) is 10.6 Å². The number of hydrogen-bond acceptors (Lipinski definition) is 4. The number of carbonyl (C=O) groups is 2. The van der Waals surface area contributed by atoms with Gasteiger partial charge in [0.2, 0.25) is 0 Å². The van der Waals surface area contributed by atoms with Crippen LogP contribution in [-0.4, -0.2) is 30.6 Å². The average Bonchev–Trinajstić information content (AvgIpc) is 2.81. The molecule has 0 aliphatic carbocycles. The molecule has 0 bridgehead atoms. The van der Waals surface area contributed by atoms with Crippen molar-refractivity contribution in [2.75, 3.05) is 13.7 Å². The zero-order valence-electron chi connectivity index (χ0n) is 17.6. The molecular weight excluding hydrogens is 392 g/mol. The number of benzene rings is 3. The summed E-state index contributed by atoms with van der Waals surface area (Å²) in [6.07, 6.45) is 0. The van der Waals surface area contributed by atoms with Crippen LogP contribution in [0, 0.1) is 0 Å². The molecule has 3 aromatic carbocycles. The van der Waals surface area contributed by atoms with Crippen LogP contribution in [0.2, 0.25) is 0 Å². The molecule has 0 radical (unpaired) electrons. The van der Waals surface area contributed by atoms with Crippen molar-refractivity contribution in [1.29, 1.82) is 0 Å². The molecule has 0 aliphatic rings. The van der Waals surface area contributed by atoms with Gasteiger partial charge in [0.05, 0.1) is 13.7 Å². The third kappa shape index (κ3) is 5.71. The first kappa shape index (κ1) is 22.1. The van der Waals surface area contributed by atoms with Crippen molar-refractivity contribution < 1.29 is 19.4 Å². The first-order chi connectivity index (χ1) is 14.9. The van der Waals surface area contributed by atoms with Gasteiger partial charge in [0.15, 0.2) is 0 Å². The fourth-order valence-electron chi connectivity index (χ4n) is 3.19. The van der Waals surface area contributed by atoms with Crippen molar-refractivity contribution in [3.63, 3.8) is 0 Å². The SMILES string of the molecule is COc1ccccc1CNC(=O)C(=O)NC[C@@](C)(O)c1ccc(-c2ccccc2)cc1. The molecule has 0 aromatic heterocycles. The summed E-state index contributed by atoms with van der Waals surface area (Å²) >= 11 is 0. The Morgan fingerprint density at radius 3 is 2.10 bits per heavy atom. The summed E-state index contributed by atoms with van der Waals surface area (Å²) < 4.78 is 5.23. The van der Waals surface area contributed by atoms with E-state index in [1.54, 1.807) is 26.2 Å². The predicted molar refractivity (Wildman–Crippen MR) is 119 cm³/mol. The highest BCUT2D eigenvalue weighted by Gasteiger charge is 2.25. The summed E-state index contributed by atoms with van der Waals surface area (Å²) in [4.78, 5) is 24.3. The van der Waals surface area contributed by atoms with Gasteiger partial charge in [-0.1, -0.05) is 72.8 Å². The minimum atomic E-state index is -1.33. The number of rotatable bonds is 7. The van der Waals surface area contributed by atoms with Crippen LogP contribution in [0.25, 0.3) is 11.1 Å². The highest BCUT2D eigenvalue weighted by Crippen LogP contribution is 2.24. The molecule has 0 saturated carbocycles. The van der Waals surface area contributed by atoms with Gasteiger partial charge in [-0.2, -0.15) is 0 Å². The number of ether oxygens (including phenoxy) is 1. The number of aliphatic hydroxyl groups is 1. The van der Waals surface area contributed by atoms with Gasteiger partial charge in [0.1, 0.15) is 11.4 Å². The second-order valence-corrected chi connectivity index (χ2v) is 7.39. The number of methoxy groups -OCH3 is 1. The minimum absolute atomic E-state index is 0.0986. The molecule has 31 heavy (non-hydrogen) atoms. The highest BCUT2D eigenvalue weighted by atomic mass is 16.5. The molecule has 0 aliphatic heterocycles. The van der Waals surface area contributed by atoms with Gasteiger partial charge in [-0.05, 0) is 29.7 Å². The molecule has 3 aromatic rings. The van der Waals surface area contributed by atoms with E-state index in [-0.39, 0.29) is 13.1 Å². The van der Waals surface area contributed by atoms with Crippen LogP contribution in [0.15, 0.2) is 78.9 Å². The van der Waals surface area contributed by atoms with E-state index in [1.807, 2.05) is 66.7 Å². The Kier molecular flexibility index (Phi) is 7.05. The Morgan fingerprint density at radius 1 is 0.839 bits per heavy atom. The highest BCUT2D eigenvalue weighted by molar-refractivity contribution is 6.35. The Bertz CT molecular complexity index is 1030. The van der Waals surface area contributed by atoms with E-state index in [1.165, 1.54) is 0 Å². The van der Waals surface area contributed by atoms with Crippen molar-refractivity contribution >= 4 is 11.8 Å². The zero-order chi connectivity index (χ0) is 22.3. The molecule has 0 unspecified atom stereocenters. The number of carbonyl (C=O) groups excluding carboxylic acids is 2. The van der Waals surface area contributed by atoms with Crippen LogP contribution < -0.4 is 15.4 Å². The summed E-state index contributed by atoms with van der Waals surface area (Å²) in [7, 11) is 1.54. The number of hydrogen-bond donors (Lipinski definition) is 3. The number of amides is 2. The van der Waals surface area contributed by atoms with E-state index < -0.39 is 17.4 Å². The van der Waals surface area contributed by atoms with Crippen LogP contribution in [-0.2, 0) is 21.7 Å². The summed E-state index contributed by atoms with van der Waals surface area (Å²) in [6.45, 7) is 1.66. The van der Waals surface area contributed by atoms with E-state index in [2.05, 4.69) is 10.6 Å². The summed E-state index contributed by atoms with van der Waals surface area (Å²) in [5.41, 5.74) is 2.18. The van der Waals surface area contributed by atoms with E-state index in [9.17, 15) is 14.7 Å². The van der Waals surface area contributed by atoms with Crippen molar-refractivity contribution in [3.8, 4) is 16.9 Å². The molecule has 3 rings (SSSR count). The zero-order valence-corrected chi connectivity index (χ0v) is 17.6. The molecule has 160 valence electrons. The molecule has 0 fully saturated rings. The minimum Gasteiger partial charge on any atom is -0.496 e. The van der Waals surface area contributed by atoms with Gasteiger partial charge >= 0.3 is 11.8 Å². The lowest BCUT2D eigenvalue weighted by Crippen LogP contribution is -2.45. The van der Waals surface area contributed by atoms with Crippen molar-refractivity contribution in [2.45, 2.75) is 19.1 Å². The summed E-state index contributed by atoms with van der Waals surface area (Å²) in [5.74, 6) is -0.956. The molecule has 0 spiro atoms. The van der Waals surface area contributed by atoms with E-state index in [0.717, 1.165) is 16.7 Å². The van der Waals surface area contributed by atoms with E-state index in [4.69, 9.17) is 4.74 Å². The number of nitrogens with one attached hydrogen (secondary N) is 2. The average molecular weight is 418 g/mol. The van der Waals surface area contributed by atoms with Gasteiger partial charge in [-0.3, -0.25) is 9.59 Å². The Morgan fingerprint density at radius 2 is 1.42 bits per heavy atom. The maximum Gasteiger partial charge on any atom is 0.309 e. The molecule has 3 N–H and O–H groups in total. The topological polar surface area (TPSA) is 87.7 Å². The van der Waals surface area contributed by atoms with Gasteiger partial charge in [-0.15, -0.1) is 0 Å². The van der Waals surface area contributed by atoms with Gasteiger partial charge in [0, 0.05) is 12.1 Å². The third-order valence-corrected chi connectivity index (χ3v) is 5.05. The number of para-hydroxylation sites is 1. The van der Waals surface area contributed by atoms with E-state index in [0.29, 0.717) is 11.3 Å². The lowest BCUT2D eigenvalue weighted by molar-refractivity contribution is -0.139. The Balaban J connectivity index is 1.55. The fourth-order valence-corrected chi connectivity index (χ4v) is 3.19. The summed E-state index contributed by atoms with van der Waals surface area (Å²) in [6, 6.07) is 24.6. The fraction of sp³-hybridized carbons (Fsp3) is 0.200. The van der Waals surface area contributed by atoms with Crippen molar-refractivity contribution in [3.05, 3.63) is 90.0 Å². The second kappa shape index (κ2) is 9.91.